The normalized spacial score (nSPS) is 11.1. The molecule has 0 spiro atoms. The van der Waals surface area contributed by atoms with Crippen LogP contribution in [0.2, 0.25) is 0 Å². The Labute approximate surface area is 136 Å². The van der Waals surface area contributed by atoms with Gasteiger partial charge in [-0.25, -0.2) is 0 Å². The summed E-state index contributed by atoms with van der Waals surface area (Å²) in [5.74, 6) is 0.368. The topological polar surface area (TPSA) is 89.9 Å². The van der Waals surface area contributed by atoms with Gasteiger partial charge in [-0.15, -0.1) is 5.10 Å². The summed E-state index contributed by atoms with van der Waals surface area (Å²) in [6, 6.07) is 6.08. The summed E-state index contributed by atoms with van der Waals surface area (Å²) in [6.07, 6.45) is 2.05. The van der Waals surface area contributed by atoms with E-state index in [4.69, 9.17) is 5.73 Å². The van der Waals surface area contributed by atoms with Crippen molar-refractivity contribution in [1.82, 2.24) is 25.1 Å². The molecule has 1 aromatic heterocycles. The number of amides is 1. The Morgan fingerprint density at radius 1 is 1.30 bits per heavy atom. The van der Waals surface area contributed by atoms with Crippen LogP contribution in [-0.4, -0.2) is 44.1 Å². The number of hydrogen-bond donors (Lipinski definition) is 1. The zero-order chi connectivity index (χ0) is 16.8. The molecule has 0 radical (unpaired) electrons. The van der Waals surface area contributed by atoms with Crippen molar-refractivity contribution in [3.05, 3.63) is 35.2 Å². The van der Waals surface area contributed by atoms with Crippen molar-refractivity contribution in [3.8, 4) is 5.69 Å². The van der Waals surface area contributed by atoms with Crippen molar-refractivity contribution >= 4 is 5.91 Å². The third-order valence-electron chi connectivity index (χ3n) is 3.76. The molecule has 0 fully saturated rings. The first-order valence-corrected chi connectivity index (χ1v) is 7.87. The van der Waals surface area contributed by atoms with E-state index in [9.17, 15) is 4.79 Å². The Hall–Kier alpha value is -2.28. The maximum atomic E-state index is 11.3. The van der Waals surface area contributed by atoms with Gasteiger partial charge < -0.3 is 5.73 Å². The van der Waals surface area contributed by atoms with Gasteiger partial charge in [-0.3, -0.25) is 9.69 Å². The van der Waals surface area contributed by atoms with Gasteiger partial charge in [-0.2, -0.15) is 4.68 Å². The maximum absolute atomic E-state index is 11.3. The molecule has 7 nitrogen and oxygen atoms in total. The van der Waals surface area contributed by atoms with E-state index in [0.717, 1.165) is 36.2 Å². The zero-order valence-electron chi connectivity index (χ0n) is 14.0. The number of aromatic nitrogens is 4. The van der Waals surface area contributed by atoms with Gasteiger partial charge in [0.15, 0.2) is 5.82 Å². The van der Waals surface area contributed by atoms with Gasteiger partial charge in [0.05, 0.1) is 18.8 Å². The number of nitrogens with zero attached hydrogens (tertiary/aromatic N) is 5. The fraction of sp³-hybridized carbons (Fsp3) is 0.500. The Balaban J connectivity index is 2.27. The van der Waals surface area contributed by atoms with Crippen molar-refractivity contribution in [2.24, 2.45) is 5.73 Å². The first kappa shape index (κ1) is 17.1. The van der Waals surface area contributed by atoms with Gasteiger partial charge in [0.1, 0.15) is 0 Å². The summed E-state index contributed by atoms with van der Waals surface area (Å²) in [5.41, 5.74) is 8.55. The monoisotopic (exact) mass is 316 g/mol. The molecule has 0 unspecified atom stereocenters. The Kier molecular flexibility index (Phi) is 5.81. The van der Waals surface area contributed by atoms with Crippen LogP contribution in [0.25, 0.3) is 5.69 Å². The number of rotatable bonds is 8. The zero-order valence-corrected chi connectivity index (χ0v) is 14.0. The molecule has 0 atom stereocenters. The fourth-order valence-corrected chi connectivity index (χ4v) is 2.63. The number of carbonyl (C=O) groups excluding carboxylic acids is 1. The molecule has 0 saturated heterocycles. The Morgan fingerprint density at radius 3 is 2.61 bits per heavy atom. The minimum Gasteiger partial charge on any atom is -0.369 e. The number of carbonyl (C=O) groups is 1. The van der Waals surface area contributed by atoms with Gasteiger partial charge in [-0.05, 0) is 48.4 Å². The second-order valence-corrected chi connectivity index (χ2v) is 5.78. The third-order valence-corrected chi connectivity index (χ3v) is 3.76. The lowest BCUT2D eigenvalue weighted by atomic mass is 10.1. The van der Waals surface area contributed by atoms with Gasteiger partial charge in [0.25, 0.3) is 0 Å². The molecule has 2 aromatic rings. The third kappa shape index (κ3) is 4.35. The molecule has 1 aromatic carbocycles. The SMILES string of the molecule is CCCCN(CC(N)=O)Cc1nnnn1-c1c(C)cccc1C. The predicted octanol–water partition coefficient (Wildman–Crippen LogP) is 1.37. The van der Waals surface area contributed by atoms with E-state index >= 15 is 0 Å². The lowest BCUT2D eigenvalue weighted by Gasteiger charge is -2.20. The fourth-order valence-electron chi connectivity index (χ4n) is 2.63. The molecule has 1 amide bonds. The van der Waals surface area contributed by atoms with Gasteiger partial charge in [0, 0.05) is 0 Å². The van der Waals surface area contributed by atoms with E-state index in [2.05, 4.69) is 22.4 Å². The number of unbranched alkanes of at least 4 members (excludes halogenated alkanes) is 1. The number of tetrazole rings is 1. The predicted molar refractivity (Wildman–Crippen MR) is 88.0 cm³/mol. The summed E-state index contributed by atoms with van der Waals surface area (Å²) in [5, 5.41) is 12.1. The highest BCUT2D eigenvalue weighted by molar-refractivity contribution is 5.75. The van der Waals surface area contributed by atoms with Crippen LogP contribution in [0.1, 0.15) is 36.7 Å². The second kappa shape index (κ2) is 7.82. The van der Waals surface area contributed by atoms with Crippen LogP contribution >= 0.6 is 0 Å². The molecular formula is C16H24N6O. The second-order valence-electron chi connectivity index (χ2n) is 5.78. The summed E-state index contributed by atoms with van der Waals surface area (Å²) in [4.78, 5) is 13.3. The first-order valence-electron chi connectivity index (χ1n) is 7.87. The molecule has 0 aliphatic carbocycles. The lowest BCUT2D eigenvalue weighted by Crippen LogP contribution is -2.35. The van der Waals surface area contributed by atoms with Crippen molar-refractivity contribution in [1.29, 1.82) is 0 Å². The number of primary amides is 1. The van der Waals surface area contributed by atoms with Crippen LogP contribution in [0.5, 0.6) is 0 Å². The molecule has 7 heteroatoms. The van der Waals surface area contributed by atoms with E-state index in [1.165, 1.54) is 0 Å². The van der Waals surface area contributed by atoms with E-state index in [1.54, 1.807) is 4.68 Å². The summed E-state index contributed by atoms with van der Waals surface area (Å²) in [6.45, 7) is 7.67. The van der Waals surface area contributed by atoms with Crippen LogP contribution < -0.4 is 5.73 Å². The van der Waals surface area contributed by atoms with E-state index in [1.807, 2.05) is 36.9 Å². The standard InChI is InChI=1S/C16H24N6O/c1-4-5-9-21(10-14(17)23)11-15-18-19-20-22(15)16-12(2)7-6-8-13(16)3/h6-8H,4-5,9-11H2,1-3H3,(H2,17,23). The highest BCUT2D eigenvalue weighted by Crippen LogP contribution is 2.19. The van der Waals surface area contributed by atoms with Crippen molar-refractivity contribution in [3.63, 3.8) is 0 Å². The Bertz CT molecular complexity index is 646. The lowest BCUT2D eigenvalue weighted by molar-refractivity contribution is -0.119. The van der Waals surface area contributed by atoms with Crippen LogP contribution in [0, 0.1) is 13.8 Å². The van der Waals surface area contributed by atoms with Gasteiger partial charge >= 0.3 is 0 Å². The van der Waals surface area contributed by atoms with Crippen LogP contribution in [0.15, 0.2) is 18.2 Å². The summed E-state index contributed by atoms with van der Waals surface area (Å²) in [7, 11) is 0. The maximum Gasteiger partial charge on any atom is 0.231 e. The van der Waals surface area contributed by atoms with Crippen molar-refractivity contribution in [2.45, 2.75) is 40.2 Å². The van der Waals surface area contributed by atoms with Gasteiger partial charge in [0.2, 0.25) is 5.91 Å². The molecule has 0 bridgehead atoms. The van der Waals surface area contributed by atoms with Crippen LogP contribution in [0.3, 0.4) is 0 Å². The summed E-state index contributed by atoms with van der Waals surface area (Å²) >= 11 is 0. The average molecular weight is 316 g/mol. The molecule has 0 saturated carbocycles. The quantitative estimate of drug-likeness (QED) is 0.794. The number of nitrogens with two attached hydrogens (primary N) is 1. The molecule has 0 aliphatic heterocycles. The molecule has 23 heavy (non-hydrogen) atoms. The molecule has 2 N–H and O–H groups in total. The number of hydrogen-bond acceptors (Lipinski definition) is 5. The first-order chi connectivity index (χ1) is 11.0. The minimum atomic E-state index is -0.341. The van der Waals surface area contributed by atoms with Crippen molar-refractivity contribution in [2.75, 3.05) is 13.1 Å². The number of benzene rings is 1. The molecular weight excluding hydrogens is 292 g/mol. The number of aryl methyl sites for hydroxylation is 2. The molecule has 124 valence electrons. The molecule has 0 aliphatic rings. The van der Waals surface area contributed by atoms with Crippen LogP contribution in [-0.2, 0) is 11.3 Å². The highest BCUT2D eigenvalue weighted by Gasteiger charge is 2.17. The van der Waals surface area contributed by atoms with Crippen molar-refractivity contribution < 1.29 is 4.79 Å². The van der Waals surface area contributed by atoms with Crippen LogP contribution in [0.4, 0.5) is 0 Å². The number of para-hydroxylation sites is 1. The average Bonchev–Trinajstić information content (AvgIpc) is 2.92. The van der Waals surface area contributed by atoms with E-state index < -0.39 is 0 Å². The summed E-state index contributed by atoms with van der Waals surface area (Å²) < 4.78 is 1.75. The van der Waals surface area contributed by atoms with Gasteiger partial charge in [-0.1, -0.05) is 31.5 Å². The largest absolute Gasteiger partial charge is 0.369 e. The minimum absolute atomic E-state index is 0.208. The smallest absolute Gasteiger partial charge is 0.231 e. The highest BCUT2D eigenvalue weighted by atomic mass is 16.1. The van der Waals surface area contributed by atoms with E-state index in [-0.39, 0.29) is 12.5 Å². The Morgan fingerprint density at radius 2 is 2.00 bits per heavy atom. The molecule has 2 rings (SSSR count). The molecule has 1 heterocycles. The van der Waals surface area contributed by atoms with E-state index in [0.29, 0.717) is 12.4 Å².